The Labute approximate surface area is 122 Å². The summed E-state index contributed by atoms with van der Waals surface area (Å²) in [5.41, 5.74) is 2.24. The first kappa shape index (κ1) is 12.8. The molecule has 3 rings (SSSR count). The zero-order valence-corrected chi connectivity index (χ0v) is 11.7. The number of aromatic nitrogens is 1. The van der Waals surface area contributed by atoms with Crippen molar-refractivity contribution in [3.63, 3.8) is 0 Å². The van der Waals surface area contributed by atoms with Crippen molar-refractivity contribution in [2.45, 2.75) is 6.92 Å². The van der Waals surface area contributed by atoms with Crippen LogP contribution in [0.3, 0.4) is 0 Å². The molecule has 3 heteroatoms. The number of pyridine rings is 1. The molecule has 2 nitrogen and oxygen atoms in total. The van der Waals surface area contributed by atoms with Crippen LogP contribution < -0.4 is 0 Å². The number of nitrogens with zero attached hydrogens (tertiary/aromatic N) is 1. The van der Waals surface area contributed by atoms with Gasteiger partial charge in [0, 0.05) is 33.9 Å². The lowest BCUT2D eigenvalue weighted by molar-refractivity contribution is 0.103. The van der Waals surface area contributed by atoms with Crippen LogP contribution in [0.5, 0.6) is 0 Å². The molecule has 0 aliphatic carbocycles. The van der Waals surface area contributed by atoms with Crippen LogP contribution in [0.15, 0.2) is 54.9 Å². The number of carbonyl (C=O) groups is 1. The van der Waals surface area contributed by atoms with Gasteiger partial charge in [-0.2, -0.15) is 0 Å². The van der Waals surface area contributed by atoms with Crippen molar-refractivity contribution in [3.05, 3.63) is 76.6 Å². The average Bonchev–Trinajstić information content (AvgIpc) is 2.48. The minimum Gasteiger partial charge on any atom is -0.289 e. The van der Waals surface area contributed by atoms with Gasteiger partial charge in [0.25, 0.3) is 0 Å². The van der Waals surface area contributed by atoms with E-state index in [2.05, 4.69) is 4.98 Å². The van der Waals surface area contributed by atoms with Crippen molar-refractivity contribution in [2.24, 2.45) is 0 Å². The van der Waals surface area contributed by atoms with Crippen molar-refractivity contribution >= 4 is 28.2 Å². The van der Waals surface area contributed by atoms with Crippen LogP contribution in [0.25, 0.3) is 10.8 Å². The summed E-state index contributed by atoms with van der Waals surface area (Å²) in [6.07, 6.45) is 3.46. The highest BCUT2D eigenvalue weighted by molar-refractivity contribution is 6.31. The number of hydrogen-bond acceptors (Lipinski definition) is 2. The number of halogens is 1. The maximum Gasteiger partial charge on any atom is 0.193 e. The van der Waals surface area contributed by atoms with Gasteiger partial charge in [-0.15, -0.1) is 0 Å². The van der Waals surface area contributed by atoms with E-state index < -0.39 is 0 Å². The van der Waals surface area contributed by atoms with E-state index in [1.165, 1.54) is 0 Å². The van der Waals surface area contributed by atoms with Crippen molar-refractivity contribution in [1.82, 2.24) is 4.98 Å². The Kier molecular flexibility index (Phi) is 3.25. The van der Waals surface area contributed by atoms with Crippen LogP contribution in [0.1, 0.15) is 21.5 Å². The average molecular weight is 282 g/mol. The van der Waals surface area contributed by atoms with Gasteiger partial charge in [-0.25, -0.2) is 0 Å². The van der Waals surface area contributed by atoms with E-state index in [-0.39, 0.29) is 5.78 Å². The summed E-state index contributed by atoms with van der Waals surface area (Å²) in [4.78, 5) is 16.8. The van der Waals surface area contributed by atoms with Crippen LogP contribution in [0, 0.1) is 6.92 Å². The van der Waals surface area contributed by atoms with Crippen molar-refractivity contribution in [1.29, 1.82) is 0 Å². The van der Waals surface area contributed by atoms with Gasteiger partial charge in [0.1, 0.15) is 0 Å². The molecular weight excluding hydrogens is 270 g/mol. The second kappa shape index (κ2) is 5.06. The van der Waals surface area contributed by atoms with Crippen LogP contribution in [-0.4, -0.2) is 10.8 Å². The van der Waals surface area contributed by atoms with Crippen molar-refractivity contribution in [3.8, 4) is 0 Å². The fourth-order valence-corrected chi connectivity index (χ4v) is 2.48. The van der Waals surface area contributed by atoms with E-state index in [0.29, 0.717) is 16.1 Å². The predicted molar refractivity (Wildman–Crippen MR) is 81.4 cm³/mol. The molecule has 0 aliphatic heterocycles. The first-order chi connectivity index (χ1) is 9.66. The molecular formula is C17H12ClNO. The number of aryl methyl sites for hydroxylation is 1. The molecule has 0 bridgehead atoms. The lowest BCUT2D eigenvalue weighted by Gasteiger charge is -2.08. The second-order valence-electron chi connectivity index (χ2n) is 4.69. The van der Waals surface area contributed by atoms with Gasteiger partial charge in [0.2, 0.25) is 0 Å². The molecule has 0 saturated heterocycles. The fraction of sp³-hybridized carbons (Fsp3) is 0.0588. The van der Waals surface area contributed by atoms with E-state index in [9.17, 15) is 4.79 Å². The molecule has 20 heavy (non-hydrogen) atoms. The summed E-state index contributed by atoms with van der Waals surface area (Å²) < 4.78 is 0. The standard InChI is InChI=1S/C17H12ClNO/c1-11-5-6-13(18)9-16(11)17(20)15-4-2-3-12-10-19-8-7-14(12)15/h2-10H,1H3. The van der Waals surface area contributed by atoms with Gasteiger partial charge in [-0.05, 0) is 36.1 Å². The van der Waals surface area contributed by atoms with E-state index in [1.807, 2.05) is 37.3 Å². The highest BCUT2D eigenvalue weighted by atomic mass is 35.5. The molecule has 0 spiro atoms. The first-order valence-electron chi connectivity index (χ1n) is 6.30. The van der Waals surface area contributed by atoms with Crippen LogP contribution in [0.4, 0.5) is 0 Å². The highest BCUT2D eigenvalue weighted by Crippen LogP contribution is 2.23. The number of fused-ring (bicyclic) bond motifs is 1. The summed E-state index contributed by atoms with van der Waals surface area (Å²) >= 11 is 6.00. The maximum absolute atomic E-state index is 12.8. The summed E-state index contributed by atoms with van der Waals surface area (Å²) in [5.74, 6) is -0.0122. The Hall–Kier alpha value is -2.19. The lowest BCUT2D eigenvalue weighted by atomic mass is 9.95. The van der Waals surface area contributed by atoms with Crippen LogP contribution >= 0.6 is 11.6 Å². The molecule has 0 radical (unpaired) electrons. The van der Waals surface area contributed by atoms with Gasteiger partial charge in [0.15, 0.2) is 5.78 Å². The predicted octanol–water partition coefficient (Wildman–Crippen LogP) is 4.43. The fourth-order valence-electron chi connectivity index (χ4n) is 2.30. The Balaban J connectivity index is 2.20. The van der Waals surface area contributed by atoms with Gasteiger partial charge in [-0.1, -0.05) is 35.9 Å². The molecule has 0 unspecified atom stereocenters. The Morgan fingerprint density at radius 1 is 1.10 bits per heavy atom. The number of carbonyl (C=O) groups excluding carboxylic acids is 1. The third-order valence-corrected chi connectivity index (χ3v) is 3.60. The van der Waals surface area contributed by atoms with Crippen molar-refractivity contribution in [2.75, 3.05) is 0 Å². The third-order valence-electron chi connectivity index (χ3n) is 3.37. The van der Waals surface area contributed by atoms with Crippen LogP contribution in [-0.2, 0) is 0 Å². The van der Waals surface area contributed by atoms with Crippen LogP contribution in [0.2, 0.25) is 5.02 Å². The zero-order chi connectivity index (χ0) is 14.1. The van der Waals surface area contributed by atoms with E-state index in [1.54, 1.807) is 24.5 Å². The smallest absolute Gasteiger partial charge is 0.193 e. The Bertz CT molecular complexity index is 806. The normalized spacial score (nSPS) is 10.7. The number of hydrogen-bond donors (Lipinski definition) is 0. The molecule has 0 fully saturated rings. The summed E-state index contributed by atoms with van der Waals surface area (Å²) in [6, 6.07) is 12.9. The van der Waals surface area contributed by atoms with Gasteiger partial charge < -0.3 is 0 Å². The lowest BCUT2D eigenvalue weighted by Crippen LogP contribution is -2.04. The highest BCUT2D eigenvalue weighted by Gasteiger charge is 2.14. The molecule has 98 valence electrons. The Morgan fingerprint density at radius 3 is 2.80 bits per heavy atom. The molecule has 0 saturated carbocycles. The summed E-state index contributed by atoms with van der Waals surface area (Å²) in [7, 11) is 0. The topological polar surface area (TPSA) is 30.0 Å². The molecule has 3 aromatic rings. The SMILES string of the molecule is Cc1ccc(Cl)cc1C(=O)c1cccc2cnccc12. The van der Waals surface area contributed by atoms with E-state index in [4.69, 9.17) is 11.6 Å². The van der Waals surface area contributed by atoms with E-state index >= 15 is 0 Å². The molecule has 1 aromatic heterocycles. The number of benzene rings is 2. The third kappa shape index (κ3) is 2.19. The van der Waals surface area contributed by atoms with Gasteiger partial charge >= 0.3 is 0 Å². The summed E-state index contributed by atoms with van der Waals surface area (Å²) in [5, 5.41) is 2.44. The molecule has 0 N–H and O–H groups in total. The zero-order valence-electron chi connectivity index (χ0n) is 10.9. The molecule has 0 atom stereocenters. The number of rotatable bonds is 2. The minimum absolute atomic E-state index is 0.0122. The molecule has 1 heterocycles. The monoisotopic (exact) mass is 281 g/mol. The van der Waals surface area contributed by atoms with E-state index in [0.717, 1.165) is 16.3 Å². The van der Waals surface area contributed by atoms with Gasteiger partial charge in [-0.3, -0.25) is 9.78 Å². The first-order valence-corrected chi connectivity index (χ1v) is 6.68. The summed E-state index contributed by atoms with van der Waals surface area (Å²) in [6.45, 7) is 1.91. The Morgan fingerprint density at radius 2 is 1.95 bits per heavy atom. The molecule has 2 aromatic carbocycles. The van der Waals surface area contributed by atoms with Gasteiger partial charge in [0.05, 0.1) is 0 Å². The maximum atomic E-state index is 12.8. The second-order valence-corrected chi connectivity index (χ2v) is 5.13. The molecule has 0 aliphatic rings. The minimum atomic E-state index is -0.0122. The molecule has 0 amide bonds. The largest absolute Gasteiger partial charge is 0.289 e. The van der Waals surface area contributed by atoms with Crippen molar-refractivity contribution < 1.29 is 4.79 Å². The number of ketones is 1. The quantitative estimate of drug-likeness (QED) is 0.651.